The summed E-state index contributed by atoms with van der Waals surface area (Å²) in [5.74, 6) is -0.351. The van der Waals surface area contributed by atoms with Gasteiger partial charge in [0.25, 0.3) is 5.91 Å². The Balaban J connectivity index is 1.88. The number of urea groups is 1. The largest absolute Gasteiger partial charge is 0.416 e. The number of alkyl halides is 3. The van der Waals surface area contributed by atoms with E-state index < -0.39 is 17.8 Å². The summed E-state index contributed by atoms with van der Waals surface area (Å²) in [7, 11) is 0. The average Bonchev–Trinajstić information content (AvgIpc) is 2.75. The highest BCUT2D eigenvalue weighted by Crippen LogP contribution is 2.39. The van der Waals surface area contributed by atoms with Crippen LogP contribution < -0.4 is 5.73 Å². The molecule has 0 saturated carbocycles. The lowest BCUT2D eigenvalue weighted by Crippen LogP contribution is -2.39. The number of nitrogens with zero attached hydrogens (tertiary/aromatic N) is 2. The van der Waals surface area contributed by atoms with E-state index in [9.17, 15) is 22.8 Å². The summed E-state index contributed by atoms with van der Waals surface area (Å²) in [4.78, 5) is 27.3. The number of fused-ring (bicyclic) bond motifs is 1. The minimum Gasteiger partial charge on any atom is -0.351 e. The van der Waals surface area contributed by atoms with Crippen molar-refractivity contribution < 1.29 is 22.8 Å². The Morgan fingerprint density at radius 3 is 2.42 bits per heavy atom. The van der Waals surface area contributed by atoms with E-state index >= 15 is 0 Å². The second kappa shape index (κ2) is 6.96. The fraction of sp³-hybridized carbons (Fsp3) is 0.375. The molecule has 0 aliphatic carbocycles. The van der Waals surface area contributed by atoms with Gasteiger partial charge in [0.1, 0.15) is 4.88 Å². The number of carbonyl (C=O) groups is 2. The molecule has 5 nitrogen and oxygen atoms in total. The maximum absolute atomic E-state index is 12.9. The molecular weight excluding hydrogens is 391 g/mol. The molecular formula is C16H15ClF3N3O2S. The zero-order valence-corrected chi connectivity index (χ0v) is 15.0. The van der Waals surface area contributed by atoms with E-state index in [2.05, 4.69) is 0 Å². The summed E-state index contributed by atoms with van der Waals surface area (Å²) in [6.07, 6.45) is -3.90. The number of benzene rings is 1. The van der Waals surface area contributed by atoms with Crippen LogP contribution in [0.25, 0.3) is 10.1 Å². The van der Waals surface area contributed by atoms with Crippen molar-refractivity contribution in [2.24, 2.45) is 5.73 Å². The molecule has 1 aliphatic heterocycles. The Morgan fingerprint density at radius 2 is 1.77 bits per heavy atom. The highest BCUT2D eigenvalue weighted by atomic mass is 35.5. The number of primary amides is 1. The highest BCUT2D eigenvalue weighted by Gasteiger charge is 2.32. The van der Waals surface area contributed by atoms with Crippen LogP contribution in [0.15, 0.2) is 18.2 Å². The van der Waals surface area contributed by atoms with Crippen LogP contribution in [0.2, 0.25) is 5.02 Å². The molecule has 0 unspecified atom stereocenters. The number of amides is 3. The van der Waals surface area contributed by atoms with Crippen molar-refractivity contribution >= 4 is 45.0 Å². The van der Waals surface area contributed by atoms with Crippen molar-refractivity contribution in [1.82, 2.24) is 9.80 Å². The molecule has 3 rings (SSSR count). The summed E-state index contributed by atoms with van der Waals surface area (Å²) >= 11 is 7.20. The summed E-state index contributed by atoms with van der Waals surface area (Å²) in [5, 5.41) is 0.571. The SMILES string of the molecule is NC(=O)N1CCCN(C(=O)c2sc3cc(C(F)(F)F)ccc3c2Cl)CC1. The normalized spacial score (nSPS) is 16.0. The number of thiophene rings is 1. The molecule has 0 bridgehead atoms. The van der Waals surface area contributed by atoms with Gasteiger partial charge < -0.3 is 15.5 Å². The summed E-state index contributed by atoms with van der Waals surface area (Å²) in [5.41, 5.74) is 4.48. The Bertz CT molecular complexity index is 868. The number of halogens is 4. The van der Waals surface area contributed by atoms with Crippen molar-refractivity contribution in [2.75, 3.05) is 26.2 Å². The van der Waals surface area contributed by atoms with Crippen LogP contribution in [0, 0.1) is 0 Å². The standard InChI is InChI=1S/C16H15ClF3N3O2S/c17-12-10-3-2-9(16(18,19)20)8-11(10)26-13(12)14(24)22-4-1-5-23(7-6-22)15(21)25/h2-3,8H,1,4-7H2,(H2,21,25). The maximum atomic E-state index is 12.9. The smallest absolute Gasteiger partial charge is 0.351 e. The molecule has 26 heavy (non-hydrogen) atoms. The lowest BCUT2D eigenvalue weighted by Gasteiger charge is -2.20. The van der Waals surface area contributed by atoms with Crippen molar-refractivity contribution in [3.63, 3.8) is 0 Å². The minimum atomic E-state index is -4.46. The third-order valence-corrected chi connectivity index (χ3v) is 5.89. The molecule has 0 spiro atoms. The van der Waals surface area contributed by atoms with E-state index in [-0.39, 0.29) is 15.8 Å². The topological polar surface area (TPSA) is 66.6 Å². The number of hydrogen-bond acceptors (Lipinski definition) is 3. The van der Waals surface area contributed by atoms with Crippen LogP contribution >= 0.6 is 22.9 Å². The van der Waals surface area contributed by atoms with Gasteiger partial charge in [0, 0.05) is 36.3 Å². The van der Waals surface area contributed by atoms with Gasteiger partial charge in [-0.05, 0) is 18.6 Å². The summed E-state index contributed by atoms with van der Waals surface area (Å²) in [6, 6.07) is 2.69. The zero-order chi connectivity index (χ0) is 19.1. The quantitative estimate of drug-likeness (QED) is 0.784. The molecule has 3 amide bonds. The van der Waals surface area contributed by atoms with Gasteiger partial charge in [-0.3, -0.25) is 4.79 Å². The monoisotopic (exact) mass is 405 g/mol. The van der Waals surface area contributed by atoms with Crippen LogP contribution in [0.4, 0.5) is 18.0 Å². The molecule has 140 valence electrons. The maximum Gasteiger partial charge on any atom is 0.416 e. The first-order valence-corrected chi connectivity index (χ1v) is 9.01. The first kappa shape index (κ1) is 18.8. The molecule has 1 aliphatic rings. The van der Waals surface area contributed by atoms with Crippen molar-refractivity contribution in [3.05, 3.63) is 33.7 Å². The van der Waals surface area contributed by atoms with Crippen LogP contribution in [-0.2, 0) is 6.18 Å². The van der Waals surface area contributed by atoms with Gasteiger partial charge in [-0.1, -0.05) is 17.7 Å². The third kappa shape index (κ3) is 3.59. The molecule has 2 heterocycles. The number of nitrogens with two attached hydrogens (primary N) is 1. The van der Waals surface area contributed by atoms with Gasteiger partial charge in [-0.2, -0.15) is 13.2 Å². The van der Waals surface area contributed by atoms with Gasteiger partial charge in [0.2, 0.25) is 0 Å². The Labute approximate surface area is 156 Å². The minimum absolute atomic E-state index is 0.153. The summed E-state index contributed by atoms with van der Waals surface area (Å²) in [6.45, 7) is 1.47. The Kier molecular flexibility index (Phi) is 5.03. The number of hydrogen-bond donors (Lipinski definition) is 1. The number of rotatable bonds is 1. The van der Waals surface area contributed by atoms with Crippen molar-refractivity contribution in [1.29, 1.82) is 0 Å². The Hall–Kier alpha value is -2.00. The van der Waals surface area contributed by atoms with Crippen molar-refractivity contribution in [3.8, 4) is 0 Å². The molecule has 1 aromatic heterocycles. The first-order valence-electron chi connectivity index (χ1n) is 7.81. The third-order valence-electron chi connectivity index (χ3n) is 4.25. The van der Waals surface area contributed by atoms with E-state index in [4.69, 9.17) is 17.3 Å². The molecule has 1 fully saturated rings. The van der Waals surface area contributed by atoms with Gasteiger partial charge >= 0.3 is 12.2 Å². The lowest BCUT2D eigenvalue weighted by atomic mass is 10.1. The van der Waals surface area contributed by atoms with Crippen LogP contribution in [-0.4, -0.2) is 47.9 Å². The second-order valence-corrected chi connectivity index (χ2v) is 7.36. The van der Waals surface area contributed by atoms with Crippen LogP contribution in [0.5, 0.6) is 0 Å². The van der Waals surface area contributed by atoms with Gasteiger partial charge in [-0.15, -0.1) is 11.3 Å². The molecule has 0 atom stereocenters. The van der Waals surface area contributed by atoms with E-state index in [1.165, 1.54) is 11.0 Å². The summed E-state index contributed by atoms with van der Waals surface area (Å²) < 4.78 is 38.9. The fourth-order valence-electron chi connectivity index (χ4n) is 2.86. The predicted molar refractivity (Wildman–Crippen MR) is 93.5 cm³/mol. The zero-order valence-electron chi connectivity index (χ0n) is 13.5. The van der Waals surface area contributed by atoms with Crippen molar-refractivity contribution in [2.45, 2.75) is 12.6 Å². The van der Waals surface area contributed by atoms with E-state index in [1.54, 1.807) is 4.90 Å². The molecule has 1 saturated heterocycles. The highest BCUT2D eigenvalue weighted by molar-refractivity contribution is 7.21. The average molecular weight is 406 g/mol. The lowest BCUT2D eigenvalue weighted by molar-refractivity contribution is -0.137. The second-order valence-electron chi connectivity index (χ2n) is 5.92. The van der Waals surface area contributed by atoms with Gasteiger partial charge in [-0.25, -0.2) is 4.79 Å². The fourth-order valence-corrected chi connectivity index (χ4v) is 4.38. The molecule has 0 radical (unpaired) electrons. The first-order chi connectivity index (χ1) is 12.2. The molecule has 1 aromatic carbocycles. The number of carbonyl (C=O) groups excluding carboxylic acids is 2. The molecule has 10 heteroatoms. The Morgan fingerprint density at radius 1 is 1.12 bits per heavy atom. The van der Waals surface area contributed by atoms with E-state index in [0.29, 0.717) is 42.7 Å². The van der Waals surface area contributed by atoms with Crippen LogP contribution in [0.3, 0.4) is 0 Å². The van der Waals surface area contributed by atoms with E-state index in [1.807, 2.05) is 0 Å². The van der Waals surface area contributed by atoms with Gasteiger partial charge in [0.05, 0.1) is 10.6 Å². The van der Waals surface area contributed by atoms with E-state index in [0.717, 1.165) is 23.5 Å². The van der Waals surface area contributed by atoms with Gasteiger partial charge in [0.15, 0.2) is 0 Å². The van der Waals surface area contributed by atoms with Crippen LogP contribution in [0.1, 0.15) is 21.7 Å². The molecule has 2 aromatic rings. The molecule has 2 N–H and O–H groups in total. The predicted octanol–water partition coefficient (Wildman–Crippen LogP) is 3.80.